The lowest BCUT2D eigenvalue weighted by Crippen LogP contribution is -2.20. The van der Waals surface area contributed by atoms with Crippen LogP contribution in [0.15, 0.2) is 66.7 Å². The number of rotatable bonds is 6. The molecular weight excluding hydrogens is 395 g/mol. The molecule has 3 rings (SSSR count). The number of aryl methyl sites for hydroxylation is 1. The van der Waals surface area contributed by atoms with Gasteiger partial charge in [-0.25, -0.2) is 4.39 Å². The summed E-state index contributed by atoms with van der Waals surface area (Å²) < 4.78 is 18.3. The Labute approximate surface area is 172 Å². The molecule has 0 spiro atoms. The predicted molar refractivity (Wildman–Crippen MR) is 111 cm³/mol. The maximum absolute atomic E-state index is 12.9. The van der Waals surface area contributed by atoms with Gasteiger partial charge >= 0.3 is 0 Å². The number of benzene rings is 3. The lowest BCUT2D eigenvalue weighted by atomic mass is 10.1. The fourth-order valence-electron chi connectivity index (χ4n) is 2.54. The fourth-order valence-corrected chi connectivity index (χ4v) is 2.77. The van der Waals surface area contributed by atoms with Gasteiger partial charge in [0.1, 0.15) is 11.6 Å². The number of nitrogens with one attached hydrogen (secondary N) is 2. The molecule has 0 heterocycles. The van der Waals surface area contributed by atoms with E-state index in [0.29, 0.717) is 27.7 Å². The van der Waals surface area contributed by atoms with Crippen LogP contribution in [0, 0.1) is 12.7 Å². The lowest BCUT2D eigenvalue weighted by molar-refractivity contribution is -0.118. The van der Waals surface area contributed by atoms with Gasteiger partial charge in [-0.2, -0.15) is 0 Å². The highest BCUT2D eigenvalue weighted by Gasteiger charge is 2.09. The molecule has 0 aromatic heterocycles. The summed E-state index contributed by atoms with van der Waals surface area (Å²) in [6.07, 6.45) is 0. The molecule has 7 heteroatoms. The van der Waals surface area contributed by atoms with Crippen LogP contribution < -0.4 is 15.4 Å². The molecule has 0 radical (unpaired) electrons. The zero-order chi connectivity index (χ0) is 20.8. The number of hydrogen-bond acceptors (Lipinski definition) is 3. The molecule has 0 saturated heterocycles. The number of hydrogen-bond donors (Lipinski definition) is 2. The van der Waals surface area contributed by atoms with Crippen molar-refractivity contribution in [2.45, 2.75) is 6.92 Å². The van der Waals surface area contributed by atoms with Gasteiger partial charge in [0.2, 0.25) is 0 Å². The molecule has 2 amide bonds. The molecule has 0 atom stereocenters. The third kappa shape index (κ3) is 5.80. The summed E-state index contributed by atoms with van der Waals surface area (Å²) in [5.74, 6) is -0.583. The second-order valence-electron chi connectivity index (χ2n) is 6.28. The van der Waals surface area contributed by atoms with Crippen LogP contribution in [0.25, 0.3) is 0 Å². The number of halogens is 2. The molecule has 3 aromatic rings. The number of ether oxygens (including phenoxy) is 1. The van der Waals surface area contributed by atoms with Crippen LogP contribution in [0.2, 0.25) is 5.02 Å². The summed E-state index contributed by atoms with van der Waals surface area (Å²) in [5.41, 5.74) is 2.46. The van der Waals surface area contributed by atoms with E-state index in [9.17, 15) is 14.0 Å². The first kappa shape index (κ1) is 20.4. The third-order valence-corrected chi connectivity index (χ3v) is 4.29. The van der Waals surface area contributed by atoms with Crippen LogP contribution in [0.5, 0.6) is 5.75 Å². The Bertz CT molecular complexity index is 1020. The Balaban J connectivity index is 1.53. The minimum atomic E-state index is -0.380. The van der Waals surface area contributed by atoms with Gasteiger partial charge in [-0.15, -0.1) is 0 Å². The maximum Gasteiger partial charge on any atom is 0.262 e. The molecule has 29 heavy (non-hydrogen) atoms. The molecule has 148 valence electrons. The second-order valence-corrected chi connectivity index (χ2v) is 6.72. The van der Waals surface area contributed by atoms with Crippen molar-refractivity contribution >= 4 is 34.8 Å². The summed E-state index contributed by atoms with van der Waals surface area (Å²) in [6.45, 7) is 1.64. The Hall–Kier alpha value is -3.38. The number of carbonyl (C=O) groups excluding carboxylic acids is 2. The highest BCUT2D eigenvalue weighted by molar-refractivity contribution is 6.30. The lowest BCUT2D eigenvalue weighted by Gasteiger charge is -2.10. The topological polar surface area (TPSA) is 67.4 Å². The van der Waals surface area contributed by atoms with Crippen molar-refractivity contribution in [2.75, 3.05) is 17.2 Å². The molecule has 0 aliphatic heterocycles. The minimum absolute atomic E-state index is 0.215. The predicted octanol–water partition coefficient (Wildman–Crippen LogP) is 5.06. The zero-order valence-corrected chi connectivity index (χ0v) is 16.3. The van der Waals surface area contributed by atoms with Crippen molar-refractivity contribution in [2.24, 2.45) is 0 Å². The van der Waals surface area contributed by atoms with Crippen molar-refractivity contribution in [3.05, 3.63) is 88.7 Å². The van der Waals surface area contributed by atoms with Gasteiger partial charge in [0, 0.05) is 22.0 Å². The quantitative estimate of drug-likeness (QED) is 0.594. The standard InChI is InChI=1S/C22H18ClFN2O3/c1-14-12-16(23)4-11-20(14)26-22(28)15-2-9-19(10-3-15)29-13-21(27)25-18-7-5-17(24)6-8-18/h2-12H,13H2,1H3,(H,25,27)(H,26,28). The molecule has 5 nitrogen and oxygen atoms in total. The molecule has 0 aliphatic carbocycles. The van der Waals surface area contributed by atoms with E-state index in [-0.39, 0.29) is 24.2 Å². The van der Waals surface area contributed by atoms with E-state index in [2.05, 4.69) is 10.6 Å². The third-order valence-electron chi connectivity index (χ3n) is 4.05. The van der Waals surface area contributed by atoms with E-state index in [1.807, 2.05) is 6.92 Å². The second kappa shape index (κ2) is 9.21. The monoisotopic (exact) mass is 412 g/mol. The Morgan fingerprint density at radius 2 is 1.66 bits per heavy atom. The van der Waals surface area contributed by atoms with E-state index < -0.39 is 0 Å². The van der Waals surface area contributed by atoms with Gasteiger partial charge in [-0.3, -0.25) is 9.59 Å². The number of carbonyl (C=O) groups is 2. The normalized spacial score (nSPS) is 10.3. The summed E-state index contributed by atoms with van der Waals surface area (Å²) in [4.78, 5) is 24.3. The SMILES string of the molecule is Cc1cc(Cl)ccc1NC(=O)c1ccc(OCC(=O)Nc2ccc(F)cc2)cc1. The first-order valence-corrected chi connectivity index (χ1v) is 9.14. The molecule has 0 unspecified atom stereocenters. The van der Waals surface area contributed by atoms with Crippen molar-refractivity contribution in [1.82, 2.24) is 0 Å². The fraction of sp³-hybridized carbons (Fsp3) is 0.0909. The van der Waals surface area contributed by atoms with Crippen LogP contribution in [-0.2, 0) is 4.79 Å². The summed E-state index contributed by atoms with van der Waals surface area (Å²) >= 11 is 5.92. The maximum atomic E-state index is 12.9. The van der Waals surface area contributed by atoms with Gasteiger partial charge in [0.05, 0.1) is 0 Å². The summed E-state index contributed by atoms with van der Waals surface area (Å²) in [5, 5.41) is 6.03. The van der Waals surface area contributed by atoms with E-state index >= 15 is 0 Å². The highest BCUT2D eigenvalue weighted by Crippen LogP contribution is 2.21. The van der Waals surface area contributed by atoms with E-state index in [1.165, 1.54) is 24.3 Å². The van der Waals surface area contributed by atoms with Crippen molar-refractivity contribution < 1.29 is 18.7 Å². The van der Waals surface area contributed by atoms with Crippen LogP contribution in [-0.4, -0.2) is 18.4 Å². The van der Waals surface area contributed by atoms with Crippen LogP contribution >= 0.6 is 11.6 Å². The Morgan fingerprint density at radius 1 is 0.966 bits per heavy atom. The zero-order valence-electron chi connectivity index (χ0n) is 15.5. The van der Waals surface area contributed by atoms with Gasteiger partial charge in [0.25, 0.3) is 11.8 Å². The molecule has 0 aliphatic rings. The van der Waals surface area contributed by atoms with E-state index in [0.717, 1.165) is 5.56 Å². The van der Waals surface area contributed by atoms with Gasteiger partial charge in [-0.05, 0) is 79.2 Å². The average molecular weight is 413 g/mol. The van der Waals surface area contributed by atoms with Crippen molar-refractivity contribution in [1.29, 1.82) is 0 Å². The van der Waals surface area contributed by atoms with Crippen LogP contribution in [0.3, 0.4) is 0 Å². The number of amides is 2. The summed E-state index contributed by atoms with van der Waals surface area (Å²) in [6, 6.07) is 17.1. The Kier molecular flexibility index (Phi) is 6.46. The molecule has 3 aromatic carbocycles. The molecular formula is C22H18ClFN2O3. The number of anilines is 2. The van der Waals surface area contributed by atoms with Gasteiger partial charge in [-0.1, -0.05) is 11.6 Å². The van der Waals surface area contributed by atoms with Crippen LogP contribution in [0.4, 0.5) is 15.8 Å². The molecule has 0 saturated carbocycles. The summed E-state index contributed by atoms with van der Waals surface area (Å²) in [7, 11) is 0. The van der Waals surface area contributed by atoms with Crippen LogP contribution in [0.1, 0.15) is 15.9 Å². The van der Waals surface area contributed by atoms with Gasteiger partial charge in [0.15, 0.2) is 6.61 Å². The largest absolute Gasteiger partial charge is 0.484 e. The molecule has 0 fully saturated rings. The first-order chi connectivity index (χ1) is 13.9. The minimum Gasteiger partial charge on any atom is -0.484 e. The smallest absolute Gasteiger partial charge is 0.262 e. The highest BCUT2D eigenvalue weighted by atomic mass is 35.5. The molecule has 0 bridgehead atoms. The Morgan fingerprint density at radius 3 is 2.31 bits per heavy atom. The first-order valence-electron chi connectivity index (χ1n) is 8.76. The van der Waals surface area contributed by atoms with E-state index in [4.69, 9.17) is 16.3 Å². The van der Waals surface area contributed by atoms with Crippen molar-refractivity contribution in [3.63, 3.8) is 0 Å². The average Bonchev–Trinajstić information content (AvgIpc) is 2.70. The van der Waals surface area contributed by atoms with Crippen molar-refractivity contribution in [3.8, 4) is 5.75 Å². The molecule has 2 N–H and O–H groups in total. The van der Waals surface area contributed by atoms with E-state index in [1.54, 1.807) is 42.5 Å². The van der Waals surface area contributed by atoms with Gasteiger partial charge < -0.3 is 15.4 Å².